The van der Waals surface area contributed by atoms with Gasteiger partial charge in [-0.25, -0.2) is 9.37 Å². The summed E-state index contributed by atoms with van der Waals surface area (Å²) in [5.41, 5.74) is 1.68. The third-order valence-electron chi connectivity index (χ3n) is 6.49. The van der Waals surface area contributed by atoms with Gasteiger partial charge in [0.05, 0.1) is 11.7 Å². The standard InChI is InChI=1S/C23H32FN3/c24-20-13-7-12-19(14-20)21-16-26-23(27-21)22(18-10-5-2-6-11-18)25-15-17-8-3-1-4-9-17/h7,12-14,16-18,22,25H,1-6,8-11,15H2,(H,26,27)/t22-/m0/s1. The molecule has 1 aromatic carbocycles. The predicted octanol–water partition coefficient (Wildman–Crippen LogP) is 6.01. The van der Waals surface area contributed by atoms with Crippen LogP contribution in [0.5, 0.6) is 0 Å². The Morgan fingerprint density at radius 1 is 1.04 bits per heavy atom. The second-order valence-electron chi connectivity index (χ2n) is 8.47. The van der Waals surface area contributed by atoms with Crippen molar-refractivity contribution in [2.45, 2.75) is 70.3 Å². The third kappa shape index (κ3) is 4.78. The molecule has 4 rings (SSSR count). The fraction of sp³-hybridized carbons (Fsp3) is 0.609. The van der Waals surface area contributed by atoms with Gasteiger partial charge in [0.1, 0.15) is 11.6 Å². The van der Waals surface area contributed by atoms with Gasteiger partial charge < -0.3 is 10.3 Å². The van der Waals surface area contributed by atoms with Crippen molar-refractivity contribution in [2.75, 3.05) is 6.54 Å². The number of halogens is 1. The molecule has 0 spiro atoms. The molecule has 2 saturated carbocycles. The van der Waals surface area contributed by atoms with Gasteiger partial charge in [-0.2, -0.15) is 0 Å². The molecule has 1 aromatic heterocycles. The molecule has 2 aromatic rings. The first-order chi connectivity index (χ1) is 13.3. The number of nitrogens with zero attached hydrogens (tertiary/aromatic N) is 1. The highest BCUT2D eigenvalue weighted by Gasteiger charge is 2.28. The third-order valence-corrected chi connectivity index (χ3v) is 6.49. The van der Waals surface area contributed by atoms with Gasteiger partial charge in [-0.3, -0.25) is 0 Å². The zero-order chi connectivity index (χ0) is 18.5. The molecule has 0 aliphatic heterocycles. The molecule has 2 N–H and O–H groups in total. The summed E-state index contributed by atoms with van der Waals surface area (Å²) in [5.74, 6) is 2.27. The van der Waals surface area contributed by atoms with E-state index in [1.54, 1.807) is 12.1 Å². The Labute approximate surface area is 162 Å². The van der Waals surface area contributed by atoms with E-state index >= 15 is 0 Å². The van der Waals surface area contributed by atoms with Crippen LogP contribution in [0.25, 0.3) is 11.3 Å². The van der Waals surface area contributed by atoms with Crippen molar-refractivity contribution in [1.29, 1.82) is 0 Å². The van der Waals surface area contributed by atoms with Crippen LogP contribution in [0.2, 0.25) is 0 Å². The lowest BCUT2D eigenvalue weighted by Gasteiger charge is -2.32. The highest BCUT2D eigenvalue weighted by atomic mass is 19.1. The van der Waals surface area contributed by atoms with E-state index in [1.807, 2.05) is 12.3 Å². The molecule has 0 saturated heterocycles. The van der Waals surface area contributed by atoms with Crippen LogP contribution in [-0.4, -0.2) is 16.5 Å². The molecule has 2 aliphatic carbocycles. The molecule has 0 amide bonds. The fourth-order valence-electron chi connectivity index (χ4n) is 4.93. The number of H-pyrrole nitrogens is 1. The molecule has 0 radical (unpaired) electrons. The quantitative estimate of drug-likeness (QED) is 0.655. The monoisotopic (exact) mass is 369 g/mol. The van der Waals surface area contributed by atoms with Crippen LogP contribution >= 0.6 is 0 Å². The van der Waals surface area contributed by atoms with Crippen LogP contribution in [0, 0.1) is 17.7 Å². The second-order valence-corrected chi connectivity index (χ2v) is 8.47. The Kier molecular flexibility index (Phi) is 6.23. The van der Waals surface area contributed by atoms with Crippen molar-refractivity contribution < 1.29 is 4.39 Å². The van der Waals surface area contributed by atoms with Crippen molar-refractivity contribution in [3.63, 3.8) is 0 Å². The number of hydrogen-bond acceptors (Lipinski definition) is 2. The summed E-state index contributed by atoms with van der Waals surface area (Å²) in [5, 5.41) is 3.88. The average molecular weight is 370 g/mol. The Morgan fingerprint density at radius 3 is 2.52 bits per heavy atom. The molecule has 1 heterocycles. The second kappa shape index (κ2) is 9.01. The molecule has 3 nitrogen and oxygen atoms in total. The lowest BCUT2D eigenvalue weighted by Crippen LogP contribution is -2.34. The van der Waals surface area contributed by atoms with Gasteiger partial charge in [0.25, 0.3) is 0 Å². The first kappa shape index (κ1) is 18.7. The Morgan fingerprint density at radius 2 is 1.78 bits per heavy atom. The number of aromatic nitrogens is 2. The largest absolute Gasteiger partial charge is 0.347 e. The molecular formula is C23H32FN3. The van der Waals surface area contributed by atoms with Crippen LogP contribution in [0.1, 0.15) is 76.1 Å². The summed E-state index contributed by atoms with van der Waals surface area (Å²) in [6.45, 7) is 1.09. The minimum atomic E-state index is -0.212. The van der Waals surface area contributed by atoms with Crippen LogP contribution in [-0.2, 0) is 0 Å². The maximum absolute atomic E-state index is 13.6. The summed E-state index contributed by atoms with van der Waals surface area (Å²) in [7, 11) is 0. The van der Waals surface area contributed by atoms with Gasteiger partial charge in [0.15, 0.2) is 0 Å². The van der Waals surface area contributed by atoms with E-state index in [2.05, 4.69) is 10.3 Å². The summed E-state index contributed by atoms with van der Waals surface area (Å²) < 4.78 is 13.6. The van der Waals surface area contributed by atoms with E-state index in [9.17, 15) is 4.39 Å². The maximum Gasteiger partial charge on any atom is 0.124 e. The highest BCUT2D eigenvalue weighted by Crippen LogP contribution is 2.35. The van der Waals surface area contributed by atoms with E-state index in [-0.39, 0.29) is 11.9 Å². The maximum atomic E-state index is 13.6. The summed E-state index contributed by atoms with van der Waals surface area (Å²) in [6, 6.07) is 7.00. The van der Waals surface area contributed by atoms with Gasteiger partial charge in [-0.1, -0.05) is 50.7 Å². The van der Waals surface area contributed by atoms with Crippen LogP contribution < -0.4 is 5.32 Å². The Balaban J connectivity index is 1.50. The van der Waals surface area contributed by atoms with E-state index in [0.29, 0.717) is 5.92 Å². The van der Waals surface area contributed by atoms with Crippen molar-refractivity contribution in [2.24, 2.45) is 11.8 Å². The van der Waals surface area contributed by atoms with Crippen molar-refractivity contribution in [3.8, 4) is 11.3 Å². The number of benzene rings is 1. The van der Waals surface area contributed by atoms with Crippen molar-refractivity contribution in [1.82, 2.24) is 15.3 Å². The summed E-state index contributed by atoms with van der Waals surface area (Å²) in [6.07, 6.45) is 15.4. The SMILES string of the molecule is Fc1cccc(-c2c[nH]c([C@@H](NCC3CCCCC3)C3CCCCC3)n2)c1. The minimum absolute atomic E-state index is 0.212. The Hall–Kier alpha value is -1.68. The topological polar surface area (TPSA) is 40.7 Å². The number of nitrogens with one attached hydrogen (secondary N) is 2. The fourth-order valence-corrected chi connectivity index (χ4v) is 4.93. The molecule has 1 atom stereocenters. The molecule has 0 unspecified atom stereocenters. The van der Waals surface area contributed by atoms with Crippen molar-refractivity contribution in [3.05, 3.63) is 42.1 Å². The smallest absolute Gasteiger partial charge is 0.124 e. The highest BCUT2D eigenvalue weighted by molar-refractivity contribution is 5.58. The van der Waals surface area contributed by atoms with Crippen LogP contribution in [0.15, 0.2) is 30.5 Å². The van der Waals surface area contributed by atoms with Gasteiger partial charge >= 0.3 is 0 Å². The molecular weight excluding hydrogens is 337 g/mol. The average Bonchev–Trinajstić information content (AvgIpc) is 3.20. The number of imidazole rings is 1. The summed E-state index contributed by atoms with van der Waals surface area (Å²) >= 11 is 0. The van der Waals surface area contributed by atoms with Gasteiger partial charge in [-0.15, -0.1) is 0 Å². The van der Waals surface area contributed by atoms with Gasteiger partial charge in [-0.05, 0) is 56.2 Å². The zero-order valence-corrected chi connectivity index (χ0v) is 16.2. The van der Waals surface area contributed by atoms with Crippen LogP contribution in [0.3, 0.4) is 0 Å². The molecule has 4 heteroatoms. The van der Waals surface area contributed by atoms with E-state index in [1.165, 1.54) is 70.3 Å². The summed E-state index contributed by atoms with van der Waals surface area (Å²) in [4.78, 5) is 8.29. The first-order valence-electron chi connectivity index (χ1n) is 10.8. The Bertz CT molecular complexity index is 714. The lowest BCUT2D eigenvalue weighted by molar-refractivity contribution is 0.242. The first-order valence-corrected chi connectivity index (χ1v) is 10.8. The van der Waals surface area contributed by atoms with E-state index in [0.717, 1.165) is 29.5 Å². The van der Waals surface area contributed by atoms with E-state index < -0.39 is 0 Å². The number of hydrogen-bond donors (Lipinski definition) is 2. The normalized spacial score (nSPS) is 20.6. The molecule has 0 bridgehead atoms. The zero-order valence-electron chi connectivity index (χ0n) is 16.2. The van der Waals surface area contributed by atoms with Crippen LogP contribution in [0.4, 0.5) is 4.39 Å². The minimum Gasteiger partial charge on any atom is -0.347 e. The lowest BCUT2D eigenvalue weighted by atomic mass is 9.83. The van der Waals surface area contributed by atoms with E-state index in [4.69, 9.17) is 4.98 Å². The van der Waals surface area contributed by atoms with Gasteiger partial charge in [0.2, 0.25) is 0 Å². The number of aromatic amines is 1. The molecule has 2 fully saturated rings. The predicted molar refractivity (Wildman–Crippen MR) is 108 cm³/mol. The molecule has 2 aliphatic rings. The van der Waals surface area contributed by atoms with Crippen molar-refractivity contribution >= 4 is 0 Å². The molecule has 27 heavy (non-hydrogen) atoms. The number of rotatable bonds is 6. The molecule has 146 valence electrons. The van der Waals surface area contributed by atoms with Gasteiger partial charge in [0, 0.05) is 11.8 Å².